The molecule has 0 saturated carbocycles. The molecule has 0 bridgehead atoms. The number of amides is 1. The second kappa shape index (κ2) is 8.52. The molecule has 0 unspecified atom stereocenters. The third-order valence-electron chi connectivity index (χ3n) is 4.64. The van der Waals surface area contributed by atoms with Crippen molar-refractivity contribution >= 4 is 17.6 Å². The highest BCUT2D eigenvalue weighted by Crippen LogP contribution is 2.14. The number of aliphatic imine (C=N–C) groups is 1. The summed E-state index contributed by atoms with van der Waals surface area (Å²) >= 11 is 0. The Hall–Kier alpha value is -3.41. The van der Waals surface area contributed by atoms with E-state index in [1.807, 2.05) is 75.0 Å². The lowest BCUT2D eigenvalue weighted by Gasteiger charge is -2.12. The summed E-state index contributed by atoms with van der Waals surface area (Å²) in [6.45, 7) is 6.44. The highest BCUT2D eigenvalue weighted by Gasteiger charge is 2.12. The van der Waals surface area contributed by atoms with Gasteiger partial charge in [0.1, 0.15) is 0 Å². The fourth-order valence-corrected chi connectivity index (χ4v) is 2.86. The van der Waals surface area contributed by atoms with Crippen molar-refractivity contribution in [1.82, 2.24) is 15.1 Å². The second-order valence-corrected chi connectivity index (χ2v) is 6.75. The molecule has 0 aliphatic heterocycles. The number of aryl methyl sites for hydroxylation is 3. The first-order valence-corrected chi connectivity index (χ1v) is 9.17. The Labute approximate surface area is 165 Å². The Morgan fingerprint density at radius 2 is 1.71 bits per heavy atom. The van der Waals surface area contributed by atoms with E-state index in [0.717, 1.165) is 22.6 Å². The minimum absolute atomic E-state index is 0.210. The highest BCUT2D eigenvalue weighted by atomic mass is 16.1. The maximum absolute atomic E-state index is 12.6. The van der Waals surface area contributed by atoms with Gasteiger partial charge in [-0.05, 0) is 45.0 Å². The van der Waals surface area contributed by atoms with Crippen molar-refractivity contribution in [2.45, 2.75) is 27.3 Å². The van der Waals surface area contributed by atoms with Crippen molar-refractivity contribution in [3.63, 3.8) is 0 Å². The topological polar surface area (TPSA) is 71.3 Å². The smallest absolute Gasteiger partial charge is 0.257 e. The van der Waals surface area contributed by atoms with Crippen LogP contribution in [0, 0.1) is 20.8 Å². The molecule has 0 spiro atoms. The summed E-state index contributed by atoms with van der Waals surface area (Å²) in [5.41, 5.74) is 5.66. The van der Waals surface area contributed by atoms with Gasteiger partial charge in [0, 0.05) is 29.6 Å². The van der Waals surface area contributed by atoms with Crippen LogP contribution in [0.5, 0.6) is 0 Å². The molecule has 0 atom stereocenters. The number of nitrogens with one attached hydrogen (secondary N) is 2. The van der Waals surface area contributed by atoms with Crippen LogP contribution in [0.1, 0.15) is 32.9 Å². The van der Waals surface area contributed by atoms with E-state index in [9.17, 15) is 4.79 Å². The lowest BCUT2D eigenvalue weighted by molar-refractivity contribution is 0.0977. The van der Waals surface area contributed by atoms with Gasteiger partial charge < -0.3 is 5.32 Å². The Morgan fingerprint density at radius 3 is 2.32 bits per heavy atom. The number of carbonyl (C=O) groups is 1. The normalized spacial score (nSPS) is 11.4. The van der Waals surface area contributed by atoms with Crippen molar-refractivity contribution in [3.05, 3.63) is 82.7 Å². The van der Waals surface area contributed by atoms with Gasteiger partial charge in [-0.25, -0.2) is 4.99 Å². The lowest BCUT2D eigenvalue weighted by atomic mass is 10.2. The lowest BCUT2D eigenvalue weighted by Crippen LogP contribution is -2.36. The van der Waals surface area contributed by atoms with Gasteiger partial charge in [0.2, 0.25) is 5.96 Å². The average Bonchev–Trinajstić information content (AvgIpc) is 2.94. The molecule has 1 amide bonds. The van der Waals surface area contributed by atoms with Gasteiger partial charge in [-0.15, -0.1) is 0 Å². The molecule has 3 rings (SSSR count). The number of rotatable bonds is 4. The van der Waals surface area contributed by atoms with Crippen LogP contribution in [0.3, 0.4) is 0 Å². The number of benzene rings is 2. The summed E-state index contributed by atoms with van der Waals surface area (Å²) in [5.74, 6) is 0.193. The molecule has 2 aromatic carbocycles. The molecular formula is C22H25N5O. The summed E-state index contributed by atoms with van der Waals surface area (Å²) in [6.07, 6.45) is 0. The molecule has 0 aliphatic rings. The molecule has 3 aromatic rings. The van der Waals surface area contributed by atoms with Crippen LogP contribution in [0.15, 0.2) is 59.6 Å². The van der Waals surface area contributed by atoms with E-state index < -0.39 is 0 Å². The quantitative estimate of drug-likeness (QED) is 0.539. The first kappa shape index (κ1) is 19.4. The predicted octanol–water partition coefficient (Wildman–Crippen LogP) is 3.74. The number of carbonyl (C=O) groups excluding carboxylic acids is 1. The largest absolute Gasteiger partial charge is 0.326 e. The molecule has 1 aromatic heterocycles. The number of hydrogen-bond acceptors (Lipinski definition) is 3. The van der Waals surface area contributed by atoms with E-state index in [2.05, 4.69) is 20.7 Å². The molecule has 144 valence electrons. The molecule has 28 heavy (non-hydrogen) atoms. The van der Waals surface area contributed by atoms with Gasteiger partial charge in [0.15, 0.2) is 0 Å². The average molecular weight is 375 g/mol. The molecule has 0 saturated heterocycles. The van der Waals surface area contributed by atoms with Crippen LogP contribution in [-0.2, 0) is 13.6 Å². The summed E-state index contributed by atoms with van der Waals surface area (Å²) < 4.78 is 1.84. The fraction of sp³-hybridized carbons (Fsp3) is 0.227. The highest BCUT2D eigenvalue weighted by molar-refractivity contribution is 6.09. The van der Waals surface area contributed by atoms with E-state index >= 15 is 0 Å². The third-order valence-corrected chi connectivity index (χ3v) is 4.64. The Balaban J connectivity index is 1.84. The molecule has 0 radical (unpaired) electrons. The van der Waals surface area contributed by atoms with Crippen LogP contribution in [0.4, 0.5) is 5.69 Å². The molecule has 0 aliphatic carbocycles. The molecule has 0 fully saturated rings. The van der Waals surface area contributed by atoms with Crippen molar-refractivity contribution < 1.29 is 4.79 Å². The van der Waals surface area contributed by atoms with E-state index in [0.29, 0.717) is 18.1 Å². The first-order chi connectivity index (χ1) is 13.4. The number of nitrogens with zero attached hydrogens (tertiary/aromatic N) is 3. The third kappa shape index (κ3) is 4.65. The van der Waals surface area contributed by atoms with Crippen LogP contribution in [0.2, 0.25) is 0 Å². The maximum atomic E-state index is 12.6. The van der Waals surface area contributed by atoms with Gasteiger partial charge in [0.05, 0.1) is 12.2 Å². The summed E-state index contributed by atoms with van der Waals surface area (Å²) in [6, 6.07) is 17.0. The minimum atomic E-state index is -0.210. The second-order valence-electron chi connectivity index (χ2n) is 6.75. The zero-order valence-corrected chi connectivity index (χ0v) is 16.7. The standard InChI is InChI=1S/C22H25N5O/c1-15-10-12-19(13-11-15)24-22(25-21(28)18-8-6-5-7-9-18)23-14-20-16(2)26-27(4)17(20)3/h5-13H,14H2,1-4H3,(H2,23,24,25,28). The maximum Gasteiger partial charge on any atom is 0.257 e. The summed E-state index contributed by atoms with van der Waals surface area (Å²) in [7, 11) is 1.91. The van der Waals surface area contributed by atoms with E-state index in [-0.39, 0.29) is 5.91 Å². The monoisotopic (exact) mass is 375 g/mol. The summed E-state index contributed by atoms with van der Waals surface area (Å²) in [5, 5.41) is 10.5. The SMILES string of the molecule is Cc1ccc(NC(=NCc2c(C)nn(C)c2C)NC(=O)c2ccccc2)cc1. The van der Waals surface area contributed by atoms with E-state index in [1.54, 1.807) is 12.1 Å². The minimum Gasteiger partial charge on any atom is -0.326 e. The van der Waals surface area contributed by atoms with Gasteiger partial charge in [-0.1, -0.05) is 35.9 Å². The van der Waals surface area contributed by atoms with Gasteiger partial charge in [-0.3, -0.25) is 14.8 Å². The molecular weight excluding hydrogens is 350 g/mol. The Kier molecular flexibility index (Phi) is 5.89. The zero-order chi connectivity index (χ0) is 20.1. The first-order valence-electron chi connectivity index (χ1n) is 9.17. The van der Waals surface area contributed by atoms with Crippen LogP contribution in [-0.4, -0.2) is 21.6 Å². The zero-order valence-electron chi connectivity index (χ0n) is 16.7. The molecule has 1 heterocycles. The fourth-order valence-electron chi connectivity index (χ4n) is 2.86. The number of aromatic nitrogens is 2. The predicted molar refractivity (Wildman–Crippen MR) is 113 cm³/mol. The molecule has 6 nitrogen and oxygen atoms in total. The van der Waals surface area contributed by atoms with Gasteiger partial charge in [-0.2, -0.15) is 5.10 Å². The van der Waals surface area contributed by atoms with Crippen molar-refractivity contribution in [2.75, 3.05) is 5.32 Å². The summed E-state index contributed by atoms with van der Waals surface area (Å²) in [4.78, 5) is 17.2. The van der Waals surface area contributed by atoms with Crippen LogP contribution in [0.25, 0.3) is 0 Å². The number of anilines is 1. The van der Waals surface area contributed by atoms with Crippen molar-refractivity contribution in [1.29, 1.82) is 0 Å². The van der Waals surface area contributed by atoms with Crippen molar-refractivity contribution in [3.8, 4) is 0 Å². The van der Waals surface area contributed by atoms with Crippen LogP contribution < -0.4 is 10.6 Å². The van der Waals surface area contributed by atoms with E-state index in [1.165, 1.54) is 5.56 Å². The van der Waals surface area contributed by atoms with Gasteiger partial charge >= 0.3 is 0 Å². The van der Waals surface area contributed by atoms with Crippen LogP contribution >= 0.6 is 0 Å². The van der Waals surface area contributed by atoms with E-state index in [4.69, 9.17) is 0 Å². The Morgan fingerprint density at radius 1 is 1.04 bits per heavy atom. The number of hydrogen-bond donors (Lipinski definition) is 2. The Bertz CT molecular complexity index is 988. The number of guanidine groups is 1. The van der Waals surface area contributed by atoms with Gasteiger partial charge in [0.25, 0.3) is 5.91 Å². The molecule has 2 N–H and O–H groups in total. The molecule has 6 heteroatoms. The van der Waals surface area contributed by atoms with Crippen molar-refractivity contribution in [2.24, 2.45) is 12.0 Å².